The maximum absolute atomic E-state index is 14.1. The lowest BCUT2D eigenvalue weighted by molar-refractivity contribution is -0.383. The van der Waals surface area contributed by atoms with Crippen molar-refractivity contribution < 1.29 is 9.31 Å². The molecular weight excluding hydrogens is 303 g/mol. The maximum Gasteiger partial charge on any atom is 0.281 e. The number of aromatic nitrogens is 1. The van der Waals surface area contributed by atoms with Gasteiger partial charge in [0.2, 0.25) is 0 Å². The summed E-state index contributed by atoms with van der Waals surface area (Å²) in [4.78, 5) is 14.8. The summed E-state index contributed by atoms with van der Waals surface area (Å²) in [6.45, 7) is 1.93. The third-order valence-electron chi connectivity index (χ3n) is 2.81. The van der Waals surface area contributed by atoms with Crippen LogP contribution in [-0.4, -0.2) is 21.0 Å². The molecule has 1 heterocycles. The van der Waals surface area contributed by atoms with Gasteiger partial charge in [0.25, 0.3) is 5.69 Å². The second-order valence-electron chi connectivity index (χ2n) is 4.27. The normalized spacial score (nSPS) is 12.6. The van der Waals surface area contributed by atoms with E-state index >= 15 is 0 Å². The highest BCUT2D eigenvalue weighted by Gasteiger charge is 2.21. The first-order chi connectivity index (χ1) is 9.54. The SMILES string of the molecule is CC(CCCl)Sc1c(F)cc([N+](=O)[O-])c2cccnc12. The van der Waals surface area contributed by atoms with Crippen LogP contribution in [0.15, 0.2) is 29.3 Å². The summed E-state index contributed by atoms with van der Waals surface area (Å²) in [5.74, 6) is -0.136. The Kier molecular flexibility index (Phi) is 4.77. The van der Waals surface area contributed by atoms with E-state index in [0.717, 1.165) is 12.5 Å². The predicted molar refractivity (Wildman–Crippen MR) is 79.0 cm³/mol. The molecule has 0 fully saturated rings. The van der Waals surface area contributed by atoms with Gasteiger partial charge < -0.3 is 0 Å². The number of hydrogen-bond donors (Lipinski definition) is 0. The van der Waals surface area contributed by atoms with Crippen molar-refractivity contribution in [3.05, 3.63) is 40.3 Å². The van der Waals surface area contributed by atoms with Crippen molar-refractivity contribution >= 4 is 40.0 Å². The molecule has 0 spiro atoms. The van der Waals surface area contributed by atoms with Gasteiger partial charge in [0.15, 0.2) is 0 Å². The smallest absolute Gasteiger partial charge is 0.258 e. The van der Waals surface area contributed by atoms with Gasteiger partial charge in [-0.3, -0.25) is 15.1 Å². The van der Waals surface area contributed by atoms with Crippen LogP contribution in [0.1, 0.15) is 13.3 Å². The van der Waals surface area contributed by atoms with E-state index in [1.165, 1.54) is 18.0 Å². The van der Waals surface area contributed by atoms with E-state index in [-0.39, 0.29) is 10.9 Å². The third kappa shape index (κ3) is 3.02. The van der Waals surface area contributed by atoms with Crippen LogP contribution >= 0.6 is 23.4 Å². The average Bonchev–Trinajstić information content (AvgIpc) is 2.41. The minimum atomic E-state index is -0.616. The van der Waals surface area contributed by atoms with Gasteiger partial charge in [0, 0.05) is 17.3 Å². The molecule has 0 aliphatic heterocycles. The van der Waals surface area contributed by atoms with Crippen molar-refractivity contribution in [2.75, 3.05) is 5.88 Å². The first kappa shape index (κ1) is 15.0. The van der Waals surface area contributed by atoms with Crippen LogP contribution in [0.2, 0.25) is 0 Å². The lowest BCUT2D eigenvalue weighted by Crippen LogP contribution is -2.00. The average molecular weight is 315 g/mol. The Bertz CT molecular complexity index is 654. The molecule has 106 valence electrons. The summed E-state index contributed by atoms with van der Waals surface area (Å²) < 4.78 is 14.1. The van der Waals surface area contributed by atoms with Gasteiger partial charge in [-0.15, -0.1) is 23.4 Å². The van der Waals surface area contributed by atoms with E-state index in [1.807, 2.05) is 6.92 Å². The van der Waals surface area contributed by atoms with Crippen LogP contribution in [-0.2, 0) is 0 Å². The molecule has 2 aromatic rings. The molecule has 0 saturated carbocycles. The number of thioether (sulfide) groups is 1. The number of fused-ring (bicyclic) bond motifs is 1. The lowest BCUT2D eigenvalue weighted by atomic mass is 10.2. The number of nitro benzene ring substituents is 1. The molecule has 0 N–H and O–H groups in total. The topological polar surface area (TPSA) is 56.0 Å². The molecule has 20 heavy (non-hydrogen) atoms. The number of hydrogen-bond acceptors (Lipinski definition) is 4. The number of alkyl halides is 1. The molecule has 1 aromatic carbocycles. The molecule has 1 aromatic heterocycles. The quantitative estimate of drug-likeness (QED) is 0.355. The molecule has 1 unspecified atom stereocenters. The zero-order valence-electron chi connectivity index (χ0n) is 10.7. The monoisotopic (exact) mass is 314 g/mol. The molecule has 0 radical (unpaired) electrons. The largest absolute Gasteiger partial charge is 0.281 e. The highest BCUT2D eigenvalue weighted by atomic mass is 35.5. The van der Waals surface area contributed by atoms with Crippen molar-refractivity contribution in [1.29, 1.82) is 0 Å². The molecule has 7 heteroatoms. The number of pyridine rings is 1. The first-order valence-corrected chi connectivity index (χ1v) is 7.40. The van der Waals surface area contributed by atoms with E-state index < -0.39 is 10.7 Å². The first-order valence-electron chi connectivity index (χ1n) is 5.98. The molecule has 1 atom stereocenters. The van der Waals surface area contributed by atoms with Gasteiger partial charge in [-0.25, -0.2) is 4.39 Å². The van der Waals surface area contributed by atoms with Gasteiger partial charge in [-0.2, -0.15) is 0 Å². The summed E-state index contributed by atoms with van der Waals surface area (Å²) in [5.41, 5.74) is 0.0607. The van der Waals surface area contributed by atoms with Gasteiger partial charge in [-0.05, 0) is 18.6 Å². The predicted octanol–water partition coefficient (Wildman–Crippen LogP) is 4.39. The van der Waals surface area contributed by atoms with Crippen molar-refractivity contribution in [1.82, 2.24) is 4.98 Å². The van der Waals surface area contributed by atoms with Crippen LogP contribution in [0.5, 0.6) is 0 Å². The molecular formula is C13H12ClFN2O2S. The van der Waals surface area contributed by atoms with E-state index in [4.69, 9.17) is 11.6 Å². The van der Waals surface area contributed by atoms with Crippen LogP contribution in [0, 0.1) is 15.9 Å². The highest BCUT2D eigenvalue weighted by Crippen LogP contribution is 2.37. The van der Waals surface area contributed by atoms with Crippen LogP contribution in [0.3, 0.4) is 0 Å². The Hall–Kier alpha value is -1.40. The van der Waals surface area contributed by atoms with Crippen LogP contribution in [0.25, 0.3) is 10.9 Å². The minimum absolute atomic E-state index is 0.105. The second kappa shape index (κ2) is 6.37. The molecule has 4 nitrogen and oxygen atoms in total. The summed E-state index contributed by atoms with van der Waals surface area (Å²) in [7, 11) is 0. The van der Waals surface area contributed by atoms with Gasteiger partial charge in [0.05, 0.1) is 26.8 Å². The van der Waals surface area contributed by atoms with Crippen molar-refractivity contribution in [3.8, 4) is 0 Å². The highest BCUT2D eigenvalue weighted by molar-refractivity contribution is 8.00. The second-order valence-corrected chi connectivity index (χ2v) is 6.10. The minimum Gasteiger partial charge on any atom is -0.258 e. The van der Waals surface area contributed by atoms with Gasteiger partial charge >= 0.3 is 0 Å². The Morgan fingerprint density at radius 3 is 3.00 bits per heavy atom. The zero-order chi connectivity index (χ0) is 14.7. The number of nitro groups is 1. The van der Waals surface area contributed by atoms with Crippen LogP contribution in [0.4, 0.5) is 10.1 Å². The fourth-order valence-corrected chi connectivity index (χ4v) is 3.39. The molecule has 0 aliphatic carbocycles. The maximum atomic E-state index is 14.1. The number of nitrogens with zero attached hydrogens (tertiary/aromatic N) is 2. The van der Waals surface area contributed by atoms with E-state index in [1.54, 1.807) is 12.1 Å². The Morgan fingerprint density at radius 2 is 2.35 bits per heavy atom. The Morgan fingerprint density at radius 1 is 1.60 bits per heavy atom. The fraction of sp³-hybridized carbons (Fsp3) is 0.308. The summed E-state index contributed by atoms with van der Waals surface area (Å²) >= 11 is 6.98. The standard InChI is InChI=1S/C13H12ClFN2O2S/c1-8(4-5-14)20-13-10(15)7-11(17(18)19)9-3-2-6-16-12(9)13/h2-3,6-8H,4-5H2,1H3. The number of non-ortho nitro benzene ring substituents is 1. The summed E-state index contributed by atoms with van der Waals surface area (Å²) in [6.07, 6.45) is 2.22. The molecule has 0 aliphatic rings. The van der Waals surface area contributed by atoms with Crippen molar-refractivity contribution in [3.63, 3.8) is 0 Å². The van der Waals surface area contributed by atoms with Crippen molar-refractivity contribution in [2.24, 2.45) is 0 Å². The summed E-state index contributed by atoms with van der Waals surface area (Å²) in [5, 5.41) is 11.4. The summed E-state index contributed by atoms with van der Waals surface area (Å²) in [6, 6.07) is 4.14. The van der Waals surface area contributed by atoms with E-state index in [2.05, 4.69) is 4.98 Å². The molecule has 0 amide bonds. The number of rotatable bonds is 5. The van der Waals surface area contributed by atoms with Gasteiger partial charge in [-0.1, -0.05) is 6.92 Å². The van der Waals surface area contributed by atoms with E-state index in [9.17, 15) is 14.5 Å². The molecule has 0 saturated heterocycles. The number of halogens is 2. The van der Waals surface area contributed by atoms with E-state index in [0.29, 0.717) is 21.7 Å². The van der Waals surface area contributed by atoms with Crippen molar-refractivity contribution in [2.45, 2.75) is 23.5 Å². The number of benzene rings is 1. The van der Waals surface area contributed by atoms with Gasteiger partial charge in [0.1, 0.15) is 5.82 Å². The molecule has 2 rings (SSSR count). The third-order valence-corrected chi connectivity index (χ3v) is 4.29. The molecule has 0 bridgehead atoms. The Labute approximate surface area is 124 Å². The van der Waals surface area contributed by atoms with Crippen LogP contribution < -0.4 is 0 Å². The zero-order valence-corrected chi connectivity index (χ0v) is 12.2. The Balaban J connectivity index is 2.58. The lowest BCUT2D eigenvalue weighted by Gasteiger charge is -2.12. The fourth-order valence-electron chi connectivity index (χ4n) is 1.85.